The summed E-state index contributed by atoms with van der Waals surface area (Å²) in [4.78, 5) is 9.41. The van der Waals surface area contributed by atoms with E-state index in [-0.39, 0.29) is 0 Å². The Bertz CT molecular complexity index is 684. The van der Waals surface area contributed by atoms with E-state index in [1.54, 1.807) is 0 Å². The summed E-state index contributed by atoms with van der Waals surface area (Å²) in [6, 6.07) is 16.5. The predicted octanol–water partition coefficient (Wildman–Crippen LogP) is 6.36. The molecule has 0 unspecified atom stereocenters. The number of aliphatic imine (C=N–C) groups is 2. The monoisotopic (exact) mass is 306 g/mol. The van der Waals surface area contributed by atoms with Crippen LogP contribution in [0.25, 0.3) is 0 Å². The van der Waals surface area contributed by atoms with Crippen LogP contribution >= 0.6 is 0 Å². The molecule has 0 bridgehead atoms. The molecule has 0 aliphatic rings. The van der Waals surface area contributed by atoms with Gasteiger partial charge in [0.05, 0.1) is 17.1 Å². The smallest absolute Gasteiger partial charge is 0.0636 e. The second kappa shape index (κ2) is 9.04. The molecule has 0 amide bonds. The predicted molar refractivity (Wildman–Crippen MR) is 102 cm³/mol. The van der Waals surface area contributed by atoms with Gasteiger partial charge in [0.25, 0.3) is 0 Å². The van der Waals surface area contributed by atoms with Crippen molar-refractivity contribution in [3.05, 3.63) is 59.7 Å². The van der Waals surface area contributed by atoms with Crippen LogP contribution in [0, 0.1) is 13.8 Å². The Morgan fingerprint density at radius 3 is 2.22 bits per heavy atom. The third kappa shape index (κ3) is 6.19. The van der Waals surface area contributed by atoms with E-state index < -0.39 is 0 Å². The van der Waals surface area contributed by atoms with E-state index in [0.29, 0.717) is 0 Å². The highest BCUT2D eigenvalue weighted by atomic mass is 14.8. The fourth-order valence-electron chi connectivity index (χ4n) is 2.43. The number of rotatable bonds is 7. The van der Waals surface area contributed by atoms with Gasteiger partial charge in [-0.15, -0.1) is 0 Å². The lowest BCUT2D eigenvalue weighted by molar-refractivity contribution is 0.744. The number of benzene rings is 2. The average molecular weight is 306 g/mol. The van der Waals surface area contributed by atoms with Crippen molar-refractivity contribution in [2.75, 3.05) is 0 Å². The van der Waals surface area contributed by atoms with Crippen molar-refractivity contribution in [1.82, 2.24) is 0 Å². The molecule has 2 rings (SSSR count). The molecule has 2 heteroatoms. The number of nitrogens with zero attached hydrogens (tertiary/aromatic N) is 2. The zero-order valence-electron chi connectivity index (χ0n) is 14.4. The lowest BCUT2D eigenvalue weighted by Gasteiger charge is -2.03. The maximum Gasteiger partial charge on any atom is 0.0636 e. The Labute approximate surface area is 140 Å². The van der Waals surface area contributed by atoms with Gasteiger partial charge < -0.3 is 0 Å². The SMILES string of the molecule is CCCCCC(C=Nc1cccc(C)c1)=Nc1cccc(C)c1. The van der Waals surface area contributed by atoms with Crippen LogP contribution in [-0.4, -0.2) is 11.9 Å². The van der Waals surface area contributed by atoms with Crippen molar-refractivity contribution in [3.8, 4) is 0 Å². The number of unbranched alkanes of at least 4 members (excludes halogenated alkanes) is 2. The molecule has 2 aromatic carbocycles. The molecule has 0 aliphatic carbocycles. The van der Waals surface area contributed by atoms with E-state index in [2.05, 4.69) is 56.1 Å². The molecule has 0 N–H and O–H groups in total. The minimum atomic E-state index is 0.969. The molecule has 0 radical (unpaired) electrons. The van der Waals surface area contributed by atoms with Crippen LogP contribution in [0.5, 0.6) is 0 Å². The normalized spacial score (nSPS) is 12.0. The van der Waals surface area contributed by atoms with Crippen LogP contribution in [-0.2, 0) is 0 Å². The first kappa shape index (κ1) is 17.1. The van der Waals surface area contributed by atoms with Gasteiger partial charge in [0.1, 0.15) is 0 Å². The fourth-order valence-corrected chi connectivity index (χ4v) is 2.43. The Morgan fingerprint density at radius 2 is 1.57 bits per heavy atom. The third-order valence-electron chi connectivity index (χ3n) is 3.68. The van der Waals surface area contributed by atoms with Gasteiger partial charge in [-0.1, -0.05) is 44.0 Å². The van der Waals surface area contributed by atoms with Gasteiger partial charge in [-0.3, -0.25) is 9.98 Å². The molecule has 0 aliphatic heterocycles. The van der Waals surface area contributed by atoms with Crippen LogP contribution in [0.1, 0.15) is 43.7 Å². The van der Waals surface area contributed by atoms with E-state index in [1.165, 1.54) is 24.0 Å². The average Bonchev–Trinajstić information content (AvgIpc) is 2.53. The Kier molecular flexibility index (Phi) is 6.74. The standard InChI is InChI=1S/C21H26N2/c1-4-5-6-11-21(23-20-13-8-10-18(3)15-20)16-22-19-12-7-9-17(2)14-19/h7-10,12-16H,4-6,11H2,1-3H3. The zero-order valence-corrected chi connectivity index (χ0v) is 14.4. The van der Waals surface area contributed by atoms with Crippen LogP contribution in [0.3, 0.4) is 0 Å². The van der Waals surface area contributed by atoms with Crippen molar-refractivity contribution in [3.63, 3.8) is 0 Å². The summed E-state index contributed by atoms with van der Waals surface area (Å²) in [6.07, 6.45) is 6.49. The maximum absolute atomic E-state index is 4.80. The largest absolute Gasteiger partial charge is 0.255 e. The molecule has 2 nitrogen and oxygen atoms in total. The first-order valence-electron chi connectivity index (χ1n) is 8.42. The van der Waals surface area contributed by atoms with Crippen LogP contribution < -0.4 is 0 Å². The highest BCUT2D eigenvalue weighted by molar-refractivity contribution is 6.31. The molecular weight excluding hydrogens is 280 g/mol. The Balaban J connectivity index is 2.19. The van der Waals surface area contributed by atoms with Crippen molar-refractivity contribution in [2.24, 2.45) is 9.98 Å². The van der Waals surface area contributed by atoms with E-state index in [4.69, 9.17) is 4.99 Å². The molecule has 0 atom stereocenters. The molecule has 0 fully saturated rings. The van der Waals surface area contributed by atoms with Gasteiger partial charge in [0.15, 0.2) is 0 Å². The van der Waals surface area contributed by atoms with E-state index in [1.807, 2.05) is 24.4 Å². The lowest BCUT2D eigenvalue weighted by atomic mass is 10.1. The van der Waals surface area contributed by atoms with Crippen molar-refractivity contribution in [1.29, 1.82) is 0 Å². The van der Waals surface area contributed by atoms with Crippen molar-refractivity contribution < 1.29 is 0 Å². The van der Waals surface area contributed by atoms with E-state index >= 15 is 0 Å². The van der Waals surface area contributed by atoms with Gasteiger partial charge in [0.2, 0.25) is 0 Å². The number of hydrogen-bond donors (Lipinski definition) is 0. The third-order valence-corrected chi connectivity index (χ3v) is 3.68. The Hall–Kier alpha value is -2.22. The molecule has 0 aromatic heterocycles. The first-order chi connectivity index (χ1) is 11.2. The van der Waals surface area contributed by atoms with Gasteiger partial charge >= 0.3 is 0 Å². The molecule has 0 spiro atoms. The minimum Gasteiger partial charge on any atom is -0.255 e. The summed E-state index contributed by atoms with van der Waals surface area (Å²) < 4.78 is 0. The molecule has 120 valence electrons. The minimum absolute atomic E-state index is 0.969. The van der Waals surface area contributed by atoms with Crippen molar-refractivity contribution >= 4 is 23.3 Å². The van der Waals surface area contributed by atoms with Crippen LogP contribution in [0.2, 0.25) is 0 Å². The summed E-state index contributed by atoms with van der Waals surface area (Å²) >= 11 is 0. The Morgan fingerprint density at radius 1 is 0.913 bits per heavy atom. The second-order valence-corrected chi connectivity index (χ2v) is 6.00. The first-order valence-corrected chi connectivity index (χ1v) is 8.42. The number of aryl methyl sites for hydroxylation is 2. The van der Waals surface area contributed by atoms with Gasteiger partial charge in [-0.2, -0.15) is 0 Å². The summed E-state index contributed by atoms with van der Waals surface area (Å²) in [5, 5.41) is 0. The summed E-state index contributed by atoms with van der Waals surface area (Å²) in [6.45, 7) is 6.40. The van der Waals surface area contributed by atoms with Gasteiger partial charge in [0, 0.05) is 6.21 Å². The maximum atomic E-state index is 4.80. The summed E-state index contributed by atoms with van der Waals surface area (Å²) in [5.41, 5.74) is 5.49. The van der Waals surface area contributed by atoms with E-state index in [9.17, 15) is 0 Å². The quantitative estimate of drug-likeness (QED) is 0.420. The van der Waals surface area contributed by atoms with E-state index in [0.717, 1.165) is 29.9 Å². The second-order valence-electron chi connectivity index (χ2n) is 6.00. The highest BCUT2D eigenvalue weighted by Crippen LogP contribution is 2.16. The number of hydrogen-bond acceptors (Lipinski definition) is 2. The molecule has 0 heterocycles. The van der Waals surface area contributed by atoms with Crippen molar-refractivity contribution in [2.45, 2.75) is 46.5 Å². The van der Waals surface area contributed by atoms with Crippen LogP contribution in [0.15, 0.2) is 58.5 Å². The summed E-state index contributed by atoms with van der Waals surface area (Å²) in [5.74, 6) is 0. The molecule has 2 aromatic rings. The fraction of sp³-hybridized carbons (Fsp3) is 0.333. The topological polar surface area (TPSA) is 24.7 Å². The molecular formula is C21H26N2. The summed E-state index contributed by atoms with van der Waals surface area (Å²) in [7, 11) is 0. The highest BCUT2D eigenvalue weighted by Gasteiger charge is 1.99. The molecule has 23 heavy (non-hydrogen) atoms. The van der Waals surface area contributed by atoms with Crippen LogP contribution in [0.4, 0.5) is 11.4 Å². The lowest BCUT2D eigenvalue weighted by Crippen LogP contribution is -1.99. The zero-order chi connectivity index (χ0) is 16.5. The molecule has 0 saturated heterocycles. The van der Waals surface area contributed by atoms with Gasteiger partial charge in [-0.25, -0.2) is 0 Å². The molecule has 0 saturated carbocycles. The van der Waals surface area contributed by atoms with Gasteiger partial charge in [-0.05, 0) is 62.1 Å².